The summed E-state index contributed by atoms with van der Waals surface area (Å²) in [5, 5.41) is 22.6. The predicted octanol–water partition coefficient (Wildman–Crippen LogP) is 3.69. The Kier molecular flexibility index (Phi) is 9.89. The molecule has 34 heavy (non-hydrogen) atoms. The number of piperidine rings is 1. The Morgan fingerprint density at radius 3 is 2.15 bits per heavy atom. The largest absolute Gasteiger partial charge is 0.497 e. The van der Waals surface area contributed by atoms with Gasteiger partial charge in [-0.15, -0.1) is 0 Å². The Labute approximate surface area is 195 Å². The fourth-order valence-electron chi connectivity index (χ4n) is 3.33. The number of benzene rings is 2. The summed E-state index contributed by atoms with van der Waals surface area (Å²) in [7, 11) is 1.65. The van der Waals surface area contributed by atoms with Gasteiger partial charge >= 0.3 is 12.1 Å². The van der Waals surface area contributed by atoms with Gasteiger partial charge in [-0.05, 0) is 48.2 Å². The van der Waals surface area contributed by atoms with Crippen molar-refractivity contribution in [1.82, 2.24) is 10.6 Å². The average molecular weight is 477 g/mol. The van der Waals surface area contributed by atoms with Crippen LogP contribution >= 0.6 is 0 Å². The summed E-state index contributed by atoms with van der Waals surface area (Å²) in [5.74, 6) is -2.00. The Balaban J connectivity index is 0.000000509. The number of rotatable bonds is 6. The first-order chi connectivity index (χ1) is 16.1. The molecule has 2 atom stereocenters. The molecule has 0 unspecified atom stereocenters. The number of hydrogen-bond donors (Lipinski definition) is 3. The van der Waals surface area contributed by atoms with Crippen molar-refractivity contribution in [3.63, 3.8) is 0 Å². The highest BCUT2D eigenvalue weighted by Crippen LogP contribution is 2.23. The third-order valence-corrected chi connectivity index (χ3v) is 5.16. The van der Waals surface area contributed by atoms with Crippen LogP contribution in [0.3, 0.4) is 0 Å². The lowest BCUT2D eigenvalue weighted by atomic mass is 10.00. The van der Waals surface area contributed by atoms with E-state index in [4.69, 9.17) is 14.6 Å². The van der Waals surface area contributed by atoms with Crippen LogP contribution in [0.15, 0.2) is 48.5 Å². The van der Waals surface area contributed by atoms with Crippen LogP contribution in [0.2, 0.25) is 0 Å². The molecule has 0 spiro atoms. The second kappa shape index (κ2) is 12.6. The monoisotopic (exact) mass is 477 g/mol. The lowest BCUT2D eigenvalue weighted by molar-refractivity contribution is -0.192. The number of halogens is 3. The number of carbonyl (C=O) groups excluding carboxylic acids is 1. The van der Waals surface area contributed by atoms with Gasteiger partial charge in [-0.25, -0.2) is 4.79 Å². The van der Waals surface area contributed by atoms with Gasteiger partial charge in [0.1, 0.15) is 11.8 Å². The van der Waals surface area contributed by atoms with E-state index < -0.39 is 18.2 Å². The van der Waals surface area contributed by atoms with E-state index in [1.807, 2.05) is 48.5 Å². The van der Waals surface area contributed by atoms with Gasteiger partial charge in [-0.1, -0.05) is 42.8 Å². The Hall–Kier alpha value is -3.58. The first-order valence-corrected chi connectivity index (χ1v) is 10.6. The maximum absolute atomic E-state index is 12.3. The lowest BCUT2D eigenvalue weighted by Gasteiger charge is -2.23. The molecule has 2 aromatic carbocycles. The van der Waals surface area contributed by atoms with Gasteiger partial charge < -0.3 is 20.5 Å². The zero-order valence-corrected chi connectivity index (χ0v) is 18.6. The molecule has 1 aliphatic rings. The highest BCUT2D eigenvalue weighted by molar-refractivity contribution is 5.82. The number of alkyl halides is 3. The summed E-state index contributed by atoms with van der Waals surface area (Å²) in [6.45, 7) is 0.863. The number of amides is 1. The van der Waals surface area contributed by atoms with E-state index in [0.717, 1.165) is 48.2 Å². The molecule has 182 valence electrons. The van der Waals surface area contributed by atoms with Crippen molar-refractivity contribution in [2.75, 3.05) is 13.7 Å². The van der Waals surface area contributed by atoms with Gasteiger partial charge in [0.05, 0.1) is 19.2 Å². The van der Waals surface area contributed by atoms with Crippen LogP contribution in [0.5, 0.6) is 5.75 Å². The summed E-state index contributed by atoms with van der Waals surface area (Å²) in [6.07, 6.45) is -1.60. The maximum Gasteiger partial charge on any atom is 0.490 e. The molecule has 1 amide bonds. The Bertz CT molecular complexity index is 981. The topological polar surface area (TPSA) is 111 Å². The summed E-state index contributed by atoms with van der Waals surface area (Å²) in [5.41, 5.74) is 3.23. The van der Waals surface area contributed by atoms with Crippen LogP contribution in [0.4, 0.5) is 13.2 Å². The van der Waals surface area contributed by atoms with Crippen molar-refractivity contribution >= 4 is 11.9 Å². The number of ether oxygens (including phenoxy) is 1. The Morgan fingerprint density at radius 2 is 1.71 bits per heavy atom. The molecule has 0 aliphatic carbocycles. The molecule has 0 saturated carbocycles. The predicted molar refractivity (Wildman–Crippen MR) is 119 cm³/mol. The molecule has 7 nitrogen and oxygen atoms in total. The van der Waals surface area contributed by atoms with Gasteiger partial charge in [-0.3, -0.25) is 4.79 Å². The third kappa shape index (κ3) is 8.41. The van der Waals surface area contributed by atoms with E-state index in [1.165, 1.54) is 0 Å². The second-order valence-electron chi connectivity index (χ2n) is 7.63. The van der Waals surface area contributed by atoms with E-state index in [2.05, 4.69) is 16.7 Å². The number of aliphatic carboxylic acids is 1. The number of carboxylic acids is 1. The second-order valence-corrected chi connectivity index (χ2v) is 7.63. The van der Waals surface area contributed by atoms with E-state index in [0.29, 0.717) is 6.42 Å². The van der Waals surface area contributed by atoms with Gasteiger partial charge in [0, 0.05) is 6.42 Å². The third-order valence-electron chi connectivity index (χ3n) is 5.16. The minimum atomic E-state index is -5.08. The molecule has 0 aromatic heterocycles. The minimum absolute atomic E-state index is 0.0731. The summed E-state index contributed by atoms with van der Waals surface area (Å²) in [6, 6.07) is 17.5. The zero-order chi connectivity index (χ0) is 25.1. The van der Waals surface area contributed by atoms with Gasteiger partial charge in [-0.2, -0.15) is 18.4 Å². The SMILES string of the molecule is COc1ccc(-c2ccc(C[C@@H](C#N)NC(=O)[C@@H]3CCCCN3)cc2)cc1.O=C(O)C(F)(F)F. The number of nitriles is 1. The molecule has 0 radical (unpaired) electrons. The normalized spacial score (nSPS) is 16.3. The highest BCUT2D eigenvalue weighted by atomic mass is 19.4. The van der Waals surface area contributed by atoms with Gasteiger partial charge in [0.25, 0.3) is 0 Å². The molecule has 2 aromatic rings. The molecule has 3 N–H and O–H groups in total. The number of hydrogen-bond acceptors (Lipinski definition) is 5. The number of nitrogens with one attached hydrogen (secondary N) is 2. The number of carbonyl (C=O) groups is 2. The molecule has 3 rings (SSSR count). The first kappa shape index (κ1) is 26.7. The van der Waals surface area contributed by atoms with E-state index in [9.17, 15) is 23.2 Å². The summed E-state index contributed by atoms with van der Waals surface area (Å²) >= 11 is 0. The Morgan fingerprint density at radius 1 is 1.15 bits per heavy atom. The van der Waals surface area contributed by atoms with Crippen molar-refractivity contribution in [1.29, 1.82) is 5.26 Å². The summed E-state index contributed by atoms with van der Waals surface area (Å²) in [4.78, 5) is 21.2. The van der Waals surface area contributed by atoms with Gasteiger partial charge in [0.2, 0.25) is 5.91 Å². The van der Waals surface area contributed by atoms with Crippen molar-refractivity contribution in [2.45, 2.75) is 43.9 Å². The van der Waals surface area contributed by atoms with E-state index in [1.54, 1.807) is 7.11 Å². The lowest BCUT2D eigenvalue weighted by Crippen LogP contribution is -2.49. The molecule has 1 saturated heterocycles. The van der Waals surface area contributed by atoms with Crippen molar-refractivity contribution in [2.24, 2.45) is 0 Å². The molecule has 1 fully saturated rings. The van der Waals surface area contributed by atoms with Crippen molar-refractivity contribution < 1.29 is 32.6 Å². The van der Waals surface area contributed by atoms with Crippen molar-refractivity contribution in [3.05, 3.63) is 54.1 Å². The average Bonchev–Trinajstić information content (AvgIpc) is 2.84. The molecule has 0 bridgehead atoms. The fourth-order valence-corrected chi connectivity index (χ4v) is 3.33. The maximum atomic E-state index is 12.3. The molecular weight excluding hydrogens is 451 g/mol. The van der Waals surface area contributed by atoms with Crippen LogP contribution < -0.4 is 15.4 Å². The van der Waals surface area contributed by atoms with E-state index in [-0.39, 0.29) is 11.9 Å². The molecule has 1 aliphatic heterocycles. The fraction of sp³-hybridized carbons (Fsp3) is 0.375. The quantitative estimate of drug-likeness (QED) is 0.585. The van der Waals surface area contributed by atoms with Crippen LogP contribution in [-0.2, 0) is 16.0 Å². The number of methoxy groups -OCH3 is 1. The van der Waals surface area contributed by atoms with Gasteiger partial charge in [0.15, 0.2) is 0 Å². The smallest absolute Gasteiger partial charge is 0.490 e. The molecular formula is C24H26F3N3O4. The molecule has 1 heterocycles. The zero-order valence-electron chi connectivity index (χ0n) is 18.6. The van der Waals surface area contributed by atoms with Crippen LogP contribution in [0.1, 0.15) is 24.8 Å². The first-order valence-electron chi connectivity index (χ1n) is 10.6. The highest BCUT2D eigenvalue weighted by Gasteiger charge is 2.38. The minimum Gasteiger partial charge on any atom is -0.497 e. The number of carboxylic acid groups (broad SMARTS) is 1. The summed E-state index contributed by atoms with van der Waals surface area (Å²) < 4.78 is 36.9. The van der Waals surface area contributed by atoms with Crippen LogP contribution in [0.25, 0.3) is 11.1 Å². The van der Waals surface area contributed by atoms with Crippen molar-refractivity contribution in [3.8, 4) is 22.9 Å². The van der Waals surface area contributed by atoms with Crippen LogP contribution in [-0.4, -0.2) is 48.9 Å². The van der Waals surface area contributed by atoms with Crippen LogP contribution in [0, 0.1) is 11.3 Å². The number of nitrogens with zero attached hydrogens (tertiary/aromatic N) is 1. The molecule has 10 heteroatoms. The standard InChI is InChI=1S/C22H25N3O2.C2HF3O2/c1-27-20-11-9-18(10-12-20)17-7-5-16(6-8-17)14-19(15-23)25-22(26)21-4-2-3-13-24-21;3-2(4,5)1(6)7/h5-12,19,21,24H,2-4,13-14H2,1H3,(H,25,26);(H,6,7)/t19-,21-;/m0./s1. The van der Waals surface area contributed by atoms with E-state index >= 15 is 0 Å².